The fraction of sp³-hybridized carbons (Fsp3) is 0.867. The van der Waals surface area contributed by atoms with Crippen molar-refractivity contribution in [3.63, 3.8) is 0 Å². The number of rotatable bonds is 2. The van der Waals surface area contributed by atoms with E-state index in [0.29, 0.717) is 31.1 Å². The lowest BCUT2D eigenvalue weighted by atomic mass is 9.33. The van der Waals surface area contributed by atoms with Crippen LogP contribution >= 0.6 is 0 Å². The Hall–Kier alpha value is -1.36. The maximum absolute atomic E-state index is 13.5. The van der Waals surface area contributed by atoms with Gasteiger partial charge in [0.2, 0.25) is 0 Å². The van der Waals surface area contributed by atoms with E-state index in [1.54, 1.807) is 0 Å². The zero-order chi connectivity index (χ0) is 25.8. The van der Waals surface area contributed by atoms with Gasteiger partial charge in [-0.15, -0.1) is 0 Å². The molecule has 0 saturated heterocycles. The van der Waals surface area contributed by atoms with Crippen molar-refractivity contribution in [1.29, 1.82) is 0 Å². The van der Waals surface area contributed by atoms with Gasteiger partial charge in [0, 0.05) is 0 Å². The predicted octanol–water partition coefficient (Wildman–Crippen LogP) is 6.15. The topological polar surface area (TPSA) is 94.8 Å². The number of carboxylic acid groups (broad SMARTS) is 2. The first-order valence-electron chi connectivity index (χ1n) is 14.1. The summed E-state index contributed by atoms with van der Waals surface area (Å²) in [5.74, 6) is -0.563. The molecule has 4 fully saturated rings. The maximum Gasteiger partial charge on any atom is 0.314 e. The van der Waals surface area contributed by atoms with Gasteiger partial charge < -0.3 is 15.3 Å². The molecule has 196 valence electrons. The molecule has 5 aliphatic carbocycles. The van der Waals surface area contributed by atoms with Gasteiger partial charge in [-0.1, -0.05) is 53.2 Å². The molecule has 0 bridgehead atoms. The van der Waals surface area contributed by atoms with Crippen LogP contribution < -0.4 is 0 Å². The Labute approximate surface area is 210 Å². The molecule has 5 rings (SSSR count). The van der Waals surface area contributed by atoms with Crippen LogP contribution in [0.5, 0.6) is 0 Å². The predicted molar refractivity (Wildman–Crippen MR) is 135 cm³/mol. The quantitative estimate of drug-likeness (QED) is 0.407. The second kappa shape index (κ2) is 7.58. The van der Waals surface area contributed by atoms with Gasteiger partial charge in [-0.05, 0) is 104 Å². The molecule has 0 aromatic heterocycles. The summed E-state index contributed by atoms with van der Waals surface area (Å²) in [5.41, 5.74) is -1.53. The summed E-state index contributed by atoms with van der Waals surface area (Å²) in [7, 11) is 0. The van der Waals surface area contributed by atoms with Crippen LogP contribution in [0.4, 0.5) is 0 Å². The van der Waals surface area contributed by atoms with Crippen molar-refractivity contribution in [2.24, 2.45) is 56.7 Å². The maximum atomic E-state index is 13.5. The molecule has 0 aromatic rings. The second-order valence-corrected chi connectivity index (χ2v) is 14.4. The number of hydrogen-bond acceptors (Lipinski definition) is 3. The minimum atomic E-state index is -1.00. The van der Waals surface area contributed by atoms with E-state index in [2.05, 4.69) is 47.6 Å². The molecule has 5 aliphatic rings. The van der Waals surface area contributed by atoms with Crippen molar-refractivity contribution in [2.45, 2.75) is 105 Å². The van der Waals surface area contributed by atoms with Gasteiger partial charge in [0.1, 0.15) is 0 Å². The molecule has 5 heteroatoms. The van der Waals surface area contributed by atoms with E-state index in [4.69, 9.17) is 0 Å². The molecule has 0 heterocycles. The Bertz CT molecular complexity index is 968. The van der Waals surface area contributed by atoms with Crippen LogP contribution in [0.3, 0.4) is 0 Å². The third-order valence-corrected chi connectivity index (χ3v) is 13.2. The SMILES string of the molecule is C[C@@H]1CC[C@]2(C(=O)O)CC[C@]3(C(=O)O)C(=CCC4[C@@]5(C)CC[C@H](O)C(C)(C)C5CC[C@]43C)C2[C@H]1C. The summed E-state index contributed by atoms with van der Waals surface area (Å²) in [5, 5.41) is 32.5. The minimum Gasteiger partial charge on any atom is -0.481 e. The highest BCUT2D eigenvalue weighted by Crippen LogP contribution is 2.75. The van der Waals surface area contributed by atoms with Gasteiger partial charge in [-0.2, -0.15) is 0 Å². The summed E-state index contributed by atoms with van der Waals surface area (Å²) >= 11 is 0. The first-order valence-corrected chi connectivity index (χ1v) is 14.1. The highest BCUT2D eigenvalue weighted by Gasteiger charge is 2.73. The van der Waals surface area contributed by atoms with E-state index >= 15 is 0 Å². The Morgan fingerprint density at radius 1 is 0.857 bits per heavy atom. The van der Waals surface area contributed by atoms with Crippen LogP contribution in [0.15, 0.2) is 11.6 Å². The zero-order valence-electron chi connectivity index (χ0n) is 22.6. The fourth-order valence-electron chi connectivity index (χ4n) is 11.0. The Kier molecular flexibility index (Phi) is 5.48. The fourth-order valence-corrected chi connectivity index (χ4v) is 11.0. The Balaban J connectivity index is 1.68. The van der Waals surface area contributed by atoms with Gasteiger partial charge >= 0.3 is 11.9 Å². The van der Waals surface area contributed by atoms with Crippen LogP contribution in [0.2, 0.25) is 0 Å². The van der Waals surface area contributed by atoms with Gasteiger partial charge in [-0.3, -0.25) is 9.59 Å². The molecule has 3 N–H and O–H groups in total. The van der Waals surface area contributed by atoms with Gasteiger partial charge in [0.25, 0.3) is 0 Å². The first kappa shape index (κ1) is 25.3. The Morgan fingerprint density at radius 3 is 2.17 bits per heavy atom. The van der Waals surface area contributed by atoms with Crippen molar-refractivity contribution in [3.8, 4) is 0 Å². The highest BCUT2D eigenvalue weighted by molar-refractivity contribution is 5.84. The number of aliphatic hydroxyl groups excluding tert-OH is 1. The number of hydrogen-bond donors (Lipinski definition) is 3. The van der Waals surface area contributed by atoms with Crippen LogP contribution in [-0.4, -0.2) is 33.4 Å². The van der Waals surface area contributed by atoms with E-state index in [1.165, 1.54) is 0 Å². The van der Waals surface area contributed by atoms with Crippen molar-refractivity contribution in [3.05, 3.63) is 11.6 Å². The number of carboxylic acids is 2. The summed E-state index contributed by atoms with van der Waals surface area (Å²) in [6, 6.07) is 0. The van der Waals surface area contributed by atoms with Crippen LogP contribution in [0, 0.1) is 56.7 Å². The summed E-state index contributed by atoms with van der Waals surface area (Å²) in [6.07, 6.45) is 8.62. The Morgan fingerprint density at radius 2 is 1.54 bits per heavy atom. The number of fused-ring (bicyclic) bond motifs is 7. The lowest BCUT2D eigenvalue weighted by Gasteiger charge is -2.70. The highest BCUT2D eigenvalue weighted by atomic mass is 16.4. The molecule has 0 amide bonds. The number of aliphatic carboxylic acids is 2. The van der Waals surface area contributed by atoms with Crippen molar-refractivity contribution in [2.75, 3.05) is 0 Å². The molecule has 35 heavy (non-hydrogen) atoms. The molecule has 0 aromatic carbocycles. The van der Waals surface area contributed by atoms with Crippen LogP contribution in [0.1, 0.15) is 99.3 Å². The van der Waals surface area contributed by atoms with E-state index in [9.17, 15) is 24.9 Å². The molecule has 5 nitrogen and oxygen atoms in total. The third-order valence-electron chi connectivity index (χ3n) is 13.2. The summed E-state index contributed by atoms with van der Waals surface area (Å²) in [4.78, 5) is 26.3. The molecule has 3 unspecified atom stereocenters. The van der Waals surface area contributed by atoms with Gasteiger partial charge in [0.15, 0.2) is 0 Å². The molecule has 10 atom stereocenters. The molecule has 0 radical (unpaired) electrons. The van der Waals surface area contributed by atoms with E-state index in [1.807, 2.05) is 0 Å². The molecule has 4 saturated carbocycles. The van der Waals surface area contributed by atoms with E-state index in [-0.39, 0.29) is 34.7 Å². The monoisotopic (exact) mass is 486 g/mol. The lowest BCUT2D eigenvalue weighted by Crippen LogP contribution is -2.67. The normalized spacial score (nSPS) is 52.7. The van der Waals surface area contributed by atoms with Crippen LogP contribution in [0.25, 0.3) is 0 Å². The van der Waals surface area contributed by atoms with Gasteiger partial charge in [0.05, 0.1) is 16.9 Å². The third kappa shape index (κ3) is 2.85. The first-order chi connectivity index (χ1) is 16.2. The largest absolute Gasteiger partial charge is 0.481 e. The van der Waals surface area contributed by atoms with E-state index < -0.39 is 28.2 Å². The molecule has 0 spiro atoms. The average molecular weight is 487 g/mol. The number of carbonyl (C=O) groups is 2. The summed E-state index contributed by atoms with van der Waals surface area (Å²) in [6.45, 7) is 13.4. The second-order valence-electron chi connectivity index (χ2n) is 14.4. The standard InChI is InChI=1S/C30H46O5/c1-17-9-14-29(24(32)33)15-16-30(25(34)35)19(23(29)18(17)2)7-8-21-27(5)12-11-22(31)26(3,4)20(27)10-13-28(21,30)6/h7,17-18,20-23,31H,8-16H2,1-6H3,(H,32,33)(H,34,35)/t17-,18+,20?,21?,22+,23?,27+,28-,29+,30-/m1/s1. The minimum absolute atomic E-state index is 0.0347. The van der Waals surface area contributed by atoms with Gasteiger partial charge in [-0.25, -0.2) is 0 Å². The summed E-state index contributed by atoms with van der Waals surface area (Å²) < 4.78 is 0. The molecular formula is C30H46O5. The van der Waals surface area contributed by atoms with E-state index in [0.717, 1.165) is 44.1 Å². The molecule has 0 aliphatic heterocycles. The van der Waals surface area contributed by atoms with Crippen molar-refractivity contribution >= 4 is 11.9 Å². The van der Waals surface area contributed by atoms with Crippen LogP contribution in [-0.2, 0) is 9.59 Å². The van der Waals surface area contributed by atoms with Crippen molar-refractivity contribution in [1.82, 2.24) is 0 Å². The number of aliphatic hydroxyl groups is 1. The van der Waals surface area contributed by atoms with Crippen molar-refractivity contribution < 1.29 is 24.9 Å². The smallest absolute Gasteiger partial charge is 0.314 e. The lowest BCUT2D eigenvalue weighted by molar-refractivity contribution is -0.216. The molecular weight excluding hydrogens is 440 g/mol. The average Bonchev–Trinajstić information content (AvgIpc) is 2.78. The number of allylic oxidation sites excluding steroid dienone is 1. The zero-order valence-corrected chi connectivity index (χ0v) is 22.6.